The van der Waals surface area contributed by atoms with Crippen LogP contribution in [0.3, 0.4) is 0 Å². The molecule has 1 atom stereocenters. The largest absolute Gasteiger partial charge is 0.497 e. The highest BCUT2D eigenvalue weighted by Crippen LogP contribution is 2.33. The predicted octanol–water partition coefficient (Wildman–Crippen LogP) is 4.47. The van der Waals surface area contributed by atoms with Crippen LogP contribution in [0.25, 0.3) is 0 Å². The molecule has 0 saturated heterocycles. The number of esters is 1. The van der Waals surface area contributed by atoms with Crippen molar-refractivity contribution in [1.29, 1.82) is 0 Å². The van der Waals surface area contributed by atoms with Crippen molar-refractivity contribution < 1.29 is 33.1 Å². The van der Waals surface area contributed by atoms with Crippen LogP contribution in [0.5, 0.6) is 5.75 Å². The molecule has 0 fully saturated rings. The number of fused-ring (bicyclic) bond motifs is 1. The van der Waals surface area contributed by atoms with Crippen LogP contribution in [-0.4, -0.2) is 59.6 Å². The van der Waals surface area contributed by atoms with E-state index in [1.54, 1.807) is 19.2 Å². The molecule has 206 valence electrons. The molecule has 2 aromatic carbocycles. The minimum absolute atomic E-state index is 0.0739. The average molecular weight is 544 g/mol. The number of carbonyl (C=O) groups is 4. The van der Waals surface area contributed by atoms with Crippen molar-refractivity contribution in [3.05, 3.63) is 88.9 Å². The molecule has 0 radical (unpaired) electrons. The number of benzene rings is 2. The minimum atomic E-state index is -0.787. The Morgan fingerprint density at radius 2 is 1.80 bits per heavy atom. The van der Waals surface area contributed by atoms with E-state index in [1.165, 1.54) is 34.4 Å². The van der Waals surface area contributed by atoms with Gasteiger partial charge >= 0.3 is 5.97 Å². The first-order valence-corrected chi connectivity index (χ1v) is 13.0. The van der Waals surface area contributed by atoms with Gasteiger partial charge in [0, 0.05) is 13.0 Å². The fraction of sp³-hybridized carbons (Fsp3) is 0.300. The van der Waals surface area contributed by atoms with E-state index in [-0.39, 0.29) is 22.6 Å². The molecular formula is C30H29N3O7. The Hall–Kier alpha value is -4.73. The second kappa shape index (κ2) is 11.2. The molecule has 3 heterocycles. The Morgan fingerprint density at radius 3 is 2.48 bits per heavy atom. The number of hydrazone groups is 1. The van der Waals surface area contributed by atoms with Crippen LogP contribution in [0, 0.1) is 5.92 Å². The van der Waals surface area contributed by atoms with Crippen LogP contribution in [0.4, 0.5) is 0 Å². The van der Waals surface area contributed by atoms with Crippen molar-refractivity contribution in [3.63, 3.8) is 0 Å². The van der Waals surface area contributed by atoms with Gasteiger partial charge in [-0.05, 0) is 72.5 Å². The minimum Gasteiger partial charge on any atom is -0.497 e. The standard InChI is InChI=1S/C30H29N3O7/c1-18(2)12-13-32-28(35)22-11-8-20(15-23(22)29(32)36)30(37)40-17-27(34)33-25(26-5-4-14-39-26)16-24(31-33)19-6-9-21(38-3)10-7-19/h4-11,14-15,18,25H,12-13,16-17H2,1-3H3. The van der Waals surface area contributed by atoms with Gasteiger partial charge in [-0.25, -0.2) is 9.80 Å². The predicted molar refractivity (Wildman–Crippen MR) is 144 cm³/mol. The van der Waals surface area contributed by atoms with E-state index in [2.05, 4.69) is 5.10 Å². The van der Waals surface area contributed by atoms with Gasteiger partial charge in [0.15, 0.2) is 6.61 Å². The van der Waals surface area contributed by atoms with Gasteiger partial charge in [0.25, 0.3) is 17.7 Å². The second-order valence-electron chi connectivity index (χ2n) is 10.0. The lowest BCUT2D eigenvalue weighted by Crippen LogP contribution is -2.31. The molecule has 2 aliphatic heterocycles. The highest BCUT2D eigenvalue weighted by molar-refractivity contribution is 6.22. The van der Waals surface area contributed by atoms with Gasteiger partial charge in [0.05, 0.1) is 35.8 Å². The zero-order valence-electron chi connectivity index (χ0n) is 22.5. The zero-order valence-corrected chi connectivity index (χ0v) is 22.5. The van der Waals surface area contributed by atoms with Gasteiger partial charge in [-0.1, -0.05) is 13.8 Å². The zero-order chi connectivity index (χ0) is 28.4. The maximum Gasteiger partial charge on any atom is 0.338 e. The van der Waals surface area contributed by atoms with E-state index < -0.39 is 30.4 Å². The molecule has 0 bridgehead atoms. The van der Waals surface area contributed by atoms with Gasteiger partial charge in [-0.2, -0.15) is 5.10 Å². The number of methoxy groups -OCH3 is 1. The molecule has 5 rings (SSSR count). The lowest BCUT2D eigenvalue weighted by atomic mass is 10.0. The van der Waals surface area contributed by atoms with Crippen LogP contribution < -0.4 is 4.74 Å². The summed E-state index contributed by atoms with van der Waals surface area (Å²) < 4.78 is 16.1. The maximum atomic E-state index is 13.2. The van der Waals surface area contributed by atoms with Crippen molar-refractivity contribution in [1.82, 2.24) is 9.91 Å². The molecule has 40 heavy (non-hydrogen) atoms. The molecule has 1 aromatic heterocycles. The Balaban J connectivity index is 1.28. The van der Waals surface area contributed by atoms with Crippen molar-refractivity contribution in [2.45, 2.75) is 32.7 Å². The highest BCUT2D eigenvalue weighted by atomic mass is 16.5. The van der Waals surface area contributed by atoms with Crippen LogP contribution in [0.1, 0.15) is 75.1 Å². The van der Waals surface area contributed by atoms with E-state index in [9.17, 15) is 19.2 Å². The fourth-order valence-corrected chi connectivity index (χ4v) is 4.69. The quantitative estimate of drug-likeness (QED) is 0.289. The number of imide groups is 1. The number of hydrogen-bond donors (Lipinski definition) is 0. The maximum absolute atomic E-state index is 13.2. The van der Waals surface area contributed by atoms with E-state index in [4.69, 9.17) is 13.9 Å². The third kappa shape index (κ3) is 5.25. The summed E-state index contributed by atoms with van der Waals surface area (Å²) in [6.07, 6.45) is 2.61. The summed E-state index contributed by atoms with van der Waals surface area (Å²) in [4.78, 5) is 52.7. The summed E-state index contributed by atoms with van der Waals surface area (Å²) in [5, 5.41) is 5.79. The fourth-order valence-electron chi connectivity index (χ4n) is 4.69. The lowest BCUT2D eigenvalue weighted by Gasteiger charge is -2.19. The first kappa shape index (κ1) is 26.9. The number of carbonyl (C=O) groups excluding carboxylic acids is 4. The summed E-state index contributed by atoms with van der Waals surface area (Å²) in [5.41, 5.74) is 1.97. The molecule has 0 aliphatic carbocycles. The molecule has 10 heteroatoms. The lowest BCUT2D eigenvalue weighted by molar-refractivity contribution is -0.136. The Kier molecular flexibility index (Phi) is 7.50. The smallest absolute Gasteiger partial charge is 0.338 e. The average Bonchev–Trinajstić information content (AvgIpc) is 3.70. The number of nitrogens with zero attached hydrogens (tertiary/aromatic N) is 3. The topological polar surface area (TPSA) is 119 Å². The van der Waals surface area contributed by atoms with Gasteiger partial charge in [-0.15, -0.1) is 0 Å². The van der Waals surface area contributed by atoms with Crippen LogP contribution in [-0.2, 0) is 9.53 Å². The molecule has 3 amide bonds. The van der Waals surface area contributed by atoms with Gasteiger partial charge in [0.2, 0.25) is 0 Å². The molecular weight excluding hydrogens is 514 g/mol. The highest BCUT2D eigenvalue weighted by Gasteiger charge is 2.37. The third-order valence-electron chi connectivity index (χ3n) is 6.92. The first-order chi connectivity index (χ1) is 19.3. The van der Waals surface area contributed by atoms with Crippen LogP contribution in [0.2, 0.25) is 0 Å². The van der Waals surface area contributed by atoms with E-state index in [0.717, 1.165) is 5.56 Å². The van der Waals surface area contributed by atoms with Gasteiger partial charge < -0.3 is 13.9 Å². The number of rotatable bonds is 9. The second-order valence-corrected chi connectivity index (χ2v) is 10.0. The Morgan fingerprint density at radius 1 is 1.05 bits per heavy atom. The molecule has 0 saturated carbocycles. The van der Waals surface area contributed by atoms with Crippen molar-refractivity contribution in [2.75, 3.05) is 20.3 Å². The molecule has 0 N–H and O–H groups in total. The molecule has 3 aromatic rings. The summed E-state index contributed by atoms with van der Waals surface area (Å²) in [7, 11) is 1.58. The normalized spacial score (nSPS) is 16.4. The van der Waals surface area contributed by atoms with E-state index >= 15 is 0 Å². The summed E-state index contributed by atoms with van der Waals surface area (Å²) in [5.74, 6) is -0.562. The molecule has 1 unspecified atom stereocenters. The van der Waals surface area contributed by atoms with E-state index in [0.29, 0.717) is 42.5 Å². The monoisotopic (exact) mass is 543 g/mol. The number of furan rings is 1. The number of amides is 3. The van der Waals surface area contributed by atoms with Crippen LogP contribution >= 0.6 is 0 Å². The van der Waals surface area contributed by atoms with Crippen molar-refractivity contribution in [3.8, 4) is 5.75 Å². The van der Waals surface area contributed by atoms with Crippen molar-refractivity contribution in [2.24, 2.45) is 11.0 Å². The number of ether oxygens (including phenoxy) is 2. The molecule has 10 nitrogen and oxygen atoms in total. The summed E-state index contributed by atoms with van der Waals surface area (Å²) >= 11 is 0. The van der Waals surface area contributed by atoms with Crippen molar-refractivity contribution >= 4 is 29.4 Å². The SMILES string of the molecule is COc1ccc(C2=NN(C(=O)COC(=O)c3ccc4c(c3)C(=O)N(CCC(C)C)C4=O)C(c3ccco3)C2)cc1. The summed E-state index contributed by atoms with van der Waals surface area (Å²) in [6.45, 7) is 3.76. The summed E-state index contributed by atoms with van der Waals surface area (Å²) in [6, 6.07) is 14.5. The van der Waals surface area contributed by atoms with E-state index in [1.807, 2.05) is 38.1 Å². The Labute approximate surface area is 231 Å². The molecule has 2 aliphatic rings. The van der Waals surface area contributed by atoms with Crippen LogP contribution in [0.15, 0.2) is 70.4 Å². The Bertz CT molecular complexity index is 1480. The number of hydrogen-bond acceptors (Lipinski definition) is 8. The van der Waals surface area contributed by atoms with Gasteiger partial charge in [0.1, 0.15) is 17.6 Å². The van der Waals surface area contributed by atoms with Gasteiger partial charge in [-0.3, -0.25) is 19.3 Å². The first-order valence-electron chi connectivity index (χ1n) is 13.0. The third-order valence-corrected chi connectivity index (χ3v) is 6.92. The molecule has 0 spiro atoms.